The van der Waals surface area contributed by atoms with Crippen molar-refractivity contribution >= 4 is 23.6 Å². The summed E-state index contributed by atoms with van der Waals surface area (Å²) in [6, 6.07) is 5.28. The molecule has 1 saturated carbocycles. The van der Waals surface area contributed by atoms with Gasteiger partial charge in [-0.05, 0) is 42.9 Å². The molecule has 1 heterocycles. The van der Waals surface area contributed by atoms with Crippen molar-refractivity contribution in [2.75, 3.05) is 26.5 Å². The van der Waals surface area contributed by atoms with Gasteiger partial charge < -0.3 is 19.7 Å². The molecule has 0 radical (unpaired) electrons. The summed E-state index contributed by atoms with van der Waals surface area (Å²) >= 11 is 1.63. The van der Waals surface area contributed by atoms with Gasteiger partial charge >= 0.3 is 0 Å². The summed E-state index contributed by atoms with van der Waals surface area (Å²) in [5.41, 5.74) is 0.953. The zero-order valence-corrected chi connectivity index (χ0v) is 17.9. The number of nitrogens with one attached hydrogen (secondary N) is 1. The number of rotatable bonds is 8. The number of methoxy groups -OCH3 is 2. The highest BCUT2D eigenvalue weighted by molar-refractivity contribution is 7.99. The molecule has 28 heavy (non-hydrogen) atoms. The third-order valence-corrected chi connectivity index (χ3v) is 6.52. The Labute approximate surface area is 171 Å². The number of hydrogen-bond donors (Lipinski definition) is 1. The van der Waals surface area contributed by atoms with Gasteiger partial charge in [0.1, 0.15) is 11.4 Å². The molecular weight excluding hydrogens is 376 g/mol. The van der Waals surface area contributed by atoms with Crippen LogP contribution in [0.15, 0.2) is 18.2 Å². The summed E-state index contributed by atoms with van der Waals surface area (Å²) in [6.07, 6.45) is 2.77. The van der Waals surface area contributed by atoms with E-state index in [2.05, 4.69) is 19.2 Å². The average molecular weight is 407 g/mol. The maximum Gasteiger partial charge on any atom is 0.243 e. The van der Waals surface area contributed by atoms with E-state index in [0.717, 1.165) is 24.8 Å². The summed E-state index contributed by atoms with van der Waals surface area (Å²) in [5, 5.41) is 2.84. The van der Waals surface area contributed by atoms with E-state index in [1.54, 1.807) is 30.9 Å². The molecule has 7 heteroatoms. The minimum atomic E-state index is -0.427. The third-order valence-electron chi connectivity index (χ3n) is 5.20. The zero-order valence-electron chi connectivity index (χ0n) is 17.1. The molecule has 1 aliphatic heterocycles. The van der Waals surface area contributed by atoms with Gasteiger partial charge in [-0.3, -0.25) is 9.59 Å². The van der Waals surface area contributed by atoms with Crippen LogP contribution in [0.1, 0.15) is 44.0 Å². The molecule has 3 rings (SSSR count). The molecule has 2 aliphatic rings. The predicted octanol–water partition coefficient (Wildman–Crippen LogP) is 3.22. The molecule has 2 atom stereocenters. The fourth-order valence-electron chi connectivity index (χ4n) is 3.38. The lowest BCUT2D eigenvalue weighted by atomic mass is 10.1. The largest absolute Gasteiger partial charge is 0.493 e. The van der Waals surface area contributed by atoms with Gasteiger partial charge in [0.2, 0.25) is 11.8 Å². The molecule has 0 spiro atoms. The molecule has 1 aromatic rings. The Morgan fingerprint density at radius 2 is 1.93 bits per heavy atom. The molecule has 1 aromatic carbocycles. The van der Waals surface area contributed by atoms with Gasteiger partial charge in [-0.15, -0.1) is 11.8 Å². The second-order valence-electron chi connectivity index (χ2n) is 7.81. The molecule has 2 amide bonds. The smallest absolute Gasteiger partial charge is 0.243 e. The monoisotopic (exact) mass is 406 g/mol. The van der Waals surface area contributed by atoms with E-state index in [0.29, 0.717) is 29.7 Å². The first-order valence-electron chi connectivity index (χ1n) is 9.89. The van der Waals surface area contributed by atoms with Crippen molar-refractivity contribution < 1.29 is 19.1 Å². The average Bonchev–Trinajstić information content (AvgIpc) is 3.44. The number of amides is 2. The second kappa shape index (κ2) is 9.07. The van der Waals surface area contributed by atoms with Crippen molar-refractivity contribution in [2.45, 2.75) is 44.5 Å². The summed E-state index contributed by atoms with van der Waals surface area (Å²) in [4.78, 5) is 27.7. The summed E-state index contributed by atoms with van der Waals surface area (Å²) in [7, 11) is 3.20. The van der Waals surface area contributed by atoms with E-state index in [4.69, 9.17) is 9.47 Å². The zero-order chi connectivity index (χ0) is 20.3. The van der Waals surface area contributed by atoms with E-state index < -0.39 is 6.04 Å². The van der Waals surface area contributed by atoms with Gasteiger partial charge in [0, 0.05) is 18.2 Å². The number of carbonyl (C=O) groups excluding carboxylic acids is 2. The summed E-state index contributed by atoms with van der Waals surface area (Å²) < 4.78 is 10.7. The fraction of sp³-hybridized carbons (Fsp3) is 0.619. The highest BCUT2D eigenvalue weighted by Crippen LogP contribution is 2.46. The number of nitrogens with zero attached hydrogens (tertiary/aromatic N) is 1. The molecule has 6 nitrogen and oxygen atoms in total. The van der Waals surface area contributed by atoms with Gasteiger partial charge in [0.05, 0.1) is 14.2 Å². The Kier molecular flexibility index (Phi) is 6.75. The molecule has 1 N–H and O–H groups in total. The van der Waals surface area contributed by atoms with Crippen LogP contribution in [0.5, 0.6) is 11.5 Å². The van der Waals surface area contributed by atoms with E-state index in [-0.39, 0.29) is 23.1 Å². The van der Waals surface area contributed by atoms with Crippen molar-refractivity contribution in [3.8, 4) is 11.5 Å². The summed E-state index contributed by atoms with van der Waals surface area (Å²) in [6.45, 7) is 4.91. The first-order valence-corrected chi connectivity index (χ1v) is 10.9. The standard InChI is InChI=1S/C21H30N2O4S/c1-13(2)9-10-22-19(24)16-12-28-21(23(16)20(25)14-5-6-14)15-7-8-17(26-3)18(11-15)27-4/h7-8,11,13-14,16,21H,5-6,9-10,12H2,1-4H3,(H,22,24)/t16-,21-/m1/s1. The van der Waals surface area contributed by atoms with Crippen molar-refractivity contribution in [1.82, 2.24) is 10.2 Å². The number of benzene rings is 1. The Balaban J connectivity index is 1.81. The molecular formula is C21H30N2O4S. The minimum absolute atomic E-state index is 0.0508. The van der Waals surface area contributed by atoms with Crippen LogP contribution in [0, 0.1) is 11.8 Å². The topological polar surface area (TPSA) is 67.9 Å². The van der Waals surface area contributed by atoms with Crippen LogP contribution in [0.3, 0.4) is 0 Å². The van der Waals surface area contributed by atoms with Gasteiger partial charge in [0.25, 0.3) is 0 Å². The Morgan fingerprint density at radius 3 is 2.54 bits per heavy atom. The van der Waals surface area contributed by atoms with Crippen LogP contribution in [-0.2, 0) is 9.59 Å². The predicted molar refractivity (Wildman–Crippen MR) is 111 cm³/mol. The van der Waals surface area contributed by atoms with Crippen LogP contribution >= 0.6 is 11.8 Å². The lowest BCUT2D eigenvalue weighted by Crippen LogP contribution is -2.48. The fourth-order valence-corrected chi connectivity index (χ4v) is 4.81. The van der Waals surface area contributed by atoms with Crippen molar-refractivity contribution in [3.05, 3.63) is 23.8 Å². The lowest BCUT2D eigenvalue weighted by molar-refractivity contribution is -0.140. The molecule has 154 valence electrons. The number of ether oxygens (including phenoxy) is 2. The maximum absolute atomic E-state index is 13.0. The lowest BCUT2D eigenvalue weighted by Gasteiger charge is -2.29. The highest BCUT2D eigenvalue weighted by atomic mass is 32.2. The van der Waals surface area contributed by atoms with Crippen molar-refractivity contribution in [2.24, 2.45) is 11.8 Å². The van der Waals surface area contributed by atoms with Crippen LogP contribution in [0.2, 0.25) is 0 Å². The first kappa shape index (κ1) is 20.8. The molecule has 0 aromatic heterocycles. The van der Waals surface area contributed by atoms with E-state index in [1.165, 1.54) is 0 Å². The second-order valence-corrected chi connectivity index (χ2v) is 8.92. The molecule has 1 aliphatic carbocycles. The van der Waals surface area contributed by atoms with Gasteiger partial charge in [-0.2, -0.15) is 0 Å². The van der Waals surface area contributed by atoms with E-state index in [9.17, 15) is 9.59 Å². The number of thioether (sulfide) groups is 1. The maximum atomic E-state index is 13.0. The van der Waals surface area contributed by atoms with Crippen LogP contribution < -0.4 is 14.8 Å². The normalized spacial score (nSPS) is 21.7. The molecule has 0 bridgehead atoms. The Bertz CT molecular complexity index is 720. The van der Waals surface area contributed by atoms with Gasteiger partial charge in [-0.25, -0.2) is 0 Å². The van der Waals surface area contributed by atoms with Gasteiger partial charge in [0.15, 0.2) is 11.5 Å². The first-order chi connectivity index (χ1) is 13.5. The summed E-state index contributed by atoms with van der Waals surface area (Å²) in [5.74, 6) is 2.51. The van der Waals surface area contributed by atoms with Gasteiger partial charge in [-0.1, -0.05) is 19.9 Å². The third kappa shape index (κ3) is 4.57. The highest BCUT2D eigenvalue weighted by Gasteiger charge is 2.46. The SMILES string of the molecule is COc1ccc([C@H]2SC[C@H](C(=O)NCCC(C)C)N2C(=O)C2CC2)cc1OC. The quantitative estimate of drug-likeness (QED) is 0.718. The Morgan fingerprint density at radius 1 is 1.21 bits per heavy atom. The number of hydrogen-bond acceptors (Lipinski definition) is 5. The number of carbonyl (C=O) groups is 2. The molecule has 2 fully saturated rings. The van der Waals surface area contributed by atoms with Crippen LogP contribution in [-0.4, -0.2) is 49.3 Å². The van der Waals surface area contributed by atoms with Crippen molar-refractivity contribution in [3.63, 3.8) is 0 Å². The van der Waals surface area contributed by atoms with Crippen molar-refractivity contribution in [1.29, 1.82) is 0 Å². The molecule has 1 saturated heterocycles. The van der Waals surface area contributed by atoms with Crippen LogP contribution in [0.25, 0.3) is 0 Å². The van der Waals surface area contributed by atoms with E-state index in [1.807, 2.05) is 18.2 Å². The Hall–Kier alpha value is -1.89. The van der Waals surface area contributed by atoms with Crippen LogP contribution in [0.4, 0.5) is 0 Å². The molecule has 0 unspecified atom stereocenters. The van der Waals surface area contributed by atoms with E-state index >= 15 is 0 Å². The minimum Gasteiger partial charge on any atom is -0.493 e.